The van der Waals surface area contributed by atoms with Gasteiger partial charge in [-0.1, -0.05) is 30.3 Å². The number of aliphatic hydroxyl groups excluding tert-OH is 1. The molecule has 0 bridgehead atoms. The molecule has 1 aromatic heterocycles. The van der Waals surface area contributed by atoms with Crippen LogP contribution in [-0.4, -0.2) is 16.7 Å². The van der Waals surface area contributed by atoms with Crippen molar-refractivity contribution in [1.29, 1.82) is 0 Å². The molecule has 1 N–H and O–H groups in total. The van der Waals surface area contributed by atoms with Crippen LogP contribution in [0.4, 0.5) is 4.39 Å². The Hall–Kier alpha value is -2.72. The zero-order valence-electron chi connectivity index (χ0n) is 13.2. The second-order valence-electron chi connectivity index (χ2n) is 5.42. The Labute approximate surface area is 140 Å². The van der Waals surface area contributed by atoms with Crippen LogP contribution < -0.4 is 4.74 Å². The molecule has 24 heavy (non-hydrogen) atoms. The highest BCUT2D eigenvalue weighted by atomic mass is 19.1. The van der Waals surface area contributed by atoms with E-state index >= 15 is 0 Å². The van der Waals surface area contributed by atoms with Crippen molar-refractivity contribution in [3.8, 4) is 16.9 Å². The van der Waals surface area contributed by atoms with E-state index < -0.39 is 0 Å². The largest absolute Gasteiger partial charge is 0.489 e. The van der Waals surface area contributed by atoms with Gasteiger partial charge in [-0.3, -0.25) is 4.98 Å². The number of halogens is 1. The molecule has 0 atom stereocenters. The molecule has 0 saturated carbocycles. The Bertz CT molecular complexity index is 806. The topological polar surface area (TPSA) is 42.4 Å². The maximum Gasteiger partial charge on any atom is 0.134 e. The highest BCUT2D eigenvalue weighted by Crippen LogP contribution is 2.29. The molecule has 3 nitrogen and oxygen atoms in total. The fourth-order valence-corrected chi connectivity index (χ4v) is 2.55. The number of aliphatic hydroxyl groups is 1. The fourth-order valence-electron chi connectivity index (χ4n) is 2.55. The monoisotopic (exact) mass is 323 g/mol. The number of nitrogens with zero attached hydrogens (tertiary/aromatic N) is 1. The van der Waals surface area contributed by atoms with Crippen molar-refractivity contribution in [2.75, 3.05) is 6.61 Å². The molecule has 0 radical (unpaired) electrons. The van der Waals surface area contributed by atoms with Crippen LogP contribution >= 0.6 is 0 Å². The van der Waals surface area contributed by atoms with E-state index in [1.54, 1.807) is 30.6 Å². The lowest BCUT2D eigenvalue weighted by Crippen LogP contribution is -1.98. The van der Waals surface area contributed by atoms with E-state index in [0.717, 1.165) is 11.1 Å². The zero-order chi connectivity index (χ0) is 16.8. The summed E-state index contributed by atoms with van der Waals surface area (Å²) in [6, 6.07) is 16.4. The summed E-state index contributed by atoms with van der Waals surface area (Å²) in [5, 5.41) is 9.15. The Morgan fingerprint density at radius 3 is 2.58 bits per heavy atom. The van der Waals surface area contributed by atoms with Crippen LogP contribution in [0.3, 0.4) is 0 Å². The Morgan fingerprint density at radius 1 is 1.00 bits per heavy atom. The van der Waals surface area contributed by atoms with Gasteiger partial charge in [-0.15, -0.1) is 0 Å². The molecule has 0 spiro atoms. The summed E-state index contributed by atoms with van der Waals surface area (Å²) in [7, 11) is 0. The predicted octanol–water partition coefficient (Wildman–Crippen LogP) is 4.00. The second-order valence-corrected chi connectivity index (χ2v) is 5.42. The fraction of sp³-hybridized carbons (Fsp3) is 0.150. The SMILES string of the molecule is OCCc1ccncc1-c1ccc(OCc2ccccc2)cc1F. The molecule has 0 aliphatic carbocycles. The summed E-state index contributed by atoms with van der Waals surface area (Å²) in [4.78, 5) is 4.06. The van der Waals surface area contributed by atoms with Crippen molar-refractivity contribution in [3.63, 3.8) is 0 Å². The van der Waals surface area contributed by atoms with E-state index in [0.29, 0.717) is 29.9 Å². The van der Waals surface area contributed by atoms with Crippen molar-refractivity contribution < 1.29 is 14.2 Å². The van der Waals surface area contributed by atoms with Crippen LogP contribution in [-0.2, 0) is 13.0 Å². The zero-order valence-corrected chi connectivity index (χ0v) is 13.2. The van der Waals surface area contributed by atoms with Crippen LogP contribution in [0.25, 0.3) is 11.1 Å². The van der Waals surface area contributed by atoms with Crippen molar-refractivity contribution in [3.05, 3.63) is 83.9 Å². The number of ether oxygens (including phenoxy) is 1. The van der Waals surface area contributed by atoms with E-state index in [-0.39, 0.29) is 12.4 Å². The molecule has 4 heteroatoms. The number of rotatable bonds is 6. The van der Waals surface area contributed by atoms with E-state index in [4.69, 9.17) is 9.84 Å². The first kappa shape index (κ1) is 16.1. The van der Waals surface area contributed by atoms with Gasteiger partial charge in [-0.05, 0) is 35.7 Å². The van der Waals surface area contributed by atoms with Gasteiger partial charge < -0.3 is 9.84 Å². The molecular formula is C20H18FNO2. The highest BCUT2D eigenvalue weighted by molar-refractivity contribution is 5.67. The lowest BCUT2D eigenvalue weighted by molar-refractivity contribution is 0.299. The molecule has 3 aromatic rings. The molecule has 2 aromatic carbocycles. The van der Waals surface area contributed by atoms with Crippen LogP contribution in [0.1, 0.15) is 11.1 Å². The number of hydrogen-bond acceptors (Lipinski definition) is 3. The third-order valence-electron chi connectivity index (χ3n) is 3.77. The molecule has 0 saturated heterocycles. The first-order valence-corrected chi connectivity index (χ1v) is 7.78. The molecular weight excluding hydrogens is 305 g/mol. The third kappa shape index (κ3) is 3.78. The van der Waals surface area contributed by atoms with Gasteiger partial charge in [0.05, 0.1) is 0 Å². The van der Waals surface area contributed by atoms with E-state index in [1.165, 1.54) is 6.07 Å². The minimum Gasteiger partial charge on any atom is -0.489 e. The molecule has 3 rings (SSSR count). The molecule has 122 valence electrons. The lowest BCUT2D eigenvalue weighted by Gasteiger charge is -2.11. The summed E-state index contributed by atoms with van der Waals surface area (Å²) in [6.45, 7) is 0.402. The van der Waals surface area contributed by atoms with Crippen molar-refractivity contribution in [2.24, 2.45) is 0 Å². The van der Waals surface area contributed by atoms with Crippen LogP contribution in [0, 0.1) is 5.82 Å². The summed E-state index contributed by atoms with van der Waals surface area (Å²) in [5.41, 5.74) is 3.04. The van der Waals surface area contributed by atoms with E-state index in [9.17, 15) is 4.39 Å². The Balaban J connectivity index is 1.80. The maximum atomic E-state index is 14.5. The summed E-state index contributed by atoms with van der Waals surface area (Å²) in [5.74, 6) is 0.112. The predicted molar refractivity (Wildman–Crippen MR) is 91.2 cm³/mol. The molecule has 0 fully saturated rings. The first-order valence-electron chi connectivity index (χ1n) is 7.78. The quantitative estimate of drug-likeness (QED) is 0.745. The molecule has 0 aliphatic heterocycles. The van der Waals surface area contributed by atoms with Crippen LogP contribution in [0.5, 0.6) is 5.75 Å². The molecule has 1 heterocycles. The Morgan fingerprint density at radius 2 is 1.83 bits per heavy atom. The average molecular weight is 323 g/mol. The maximum absolute atomic E-state index is 14.5. The van der Waals surface area contributed by atoms with Gasteiger partial charge >= 0.3 is 0 Å². The summed E-state index contributed by atoms with van der Waals surface area (Å²) >= 11 is 0. The summed E-state index contributed by atoms with van der Waals surface area (Å²) in [6.07, 6.45) is 3.72. The van der Waals surface area contributed by atoms with E-state index in [2.05, 4.69) is 4.98 Å². The highest BCUT2D eigenvalue weighted by Gasteiger charge is 2.11. The van der Waals surface area contributed by atoms with Gasteiger partial charge in [-0.2, -0.15) is 0 Å². The lowest BCUT2D eigenvalue weighted by atomic mass is 9.99. The second kappa shape index (κ2) is 7.70. The molecule has 0 amide bonds. The first-order chi connectivity index (χ1) is 11.8. The Kier molecular flexibility index (Phi) is 5.18. The van der Waals surface area contributed by atoms with Gasteiger partial charge in [0, 0.05) is 36.2 Å². The minimum absolute atomic E-state index is 0.0108. The number of aromatic nitrogens is 1. The van der Waals surface area contributed by atoms with Gasteiger partial charge in [0.1, 0.15) is 18.2 Å². The van der Waals surface area contributed by atoms with Gasteiger partial charge in [-0.25, -0.2) is 4.39 Å². The summed E-state index contributed by atoms with van der Waals surface area (Å²) < 4.78 is 20.2. The van der Waals surface area contributed by atoms with Crippen molar-refractivity contribution in [1.82, 2.24) is 4.98 Å². The number of pyridine rings is 1. The van der Waals surface area contributed by atoms with Gasteiger partial charge in [0.25, 0.3) is 0 Å². The third-order valence-corrected chi connectivity index (χ3v) is 3.77. The number of benzene rings is 2. The van der Waals surface area contributed by atoms with Crippen molar-refractivity contribution >= 4 is 0 Å². The molecule has 0 aliphatic rings. The van der Waals surface area contributed by atoms with Gasteiger partial charge in [0.15, 0.2) is 0 Å². The molecule has 0 unspecified atom stereocenters. The van der Waals surface area contributed by atoms with Crippen LogP contribution in [0.15, 0.2) is 67.0 Å². The minimum atomic E-state index is -0.368. The smallest absolute Gasteiger partial charge is 0.134 e. The average Bonchev–Trinajstić information content (AvgIpc) is 2.62. The standard InChI is InChI=1S/C20H18FNO2/c21-20-12-17(24-14-15-4-2-1-3-5-15)6-7-18(20)19-13-22-10-8-16(19)9-11-23/h1-8,10,12-13,23H,9,11,14H2. The normalized spacial score (nSPS) is 10.6. The van der Waals surface area contributed by atoms with Crippen molar-refractivity contribution in [2.45, 2.75) is 13.0 Å². The van der Waals surface area contributed by atoms with Gasteiger partial charge in [0.2, 0.25) is 0 Å². The van der Waals surface area contributed by atoms with E-state index in [1.807, 2.05) is 30.3 Å². The van der Waals surface area contributed by atoms with Crippen LogP contribution in [0.2, 0.25) is 0 Å². The number of hydrogen-bond donors (Lipinski definition) is 1.